The number of aromatic hydroxyl groups is 1. The number of nitrogens with zero attached hydrogens (tertiary/aromatic N) is 2. The van der Waals surface area contributed by atoms with Gasteiger partial charge < -0.3 is 10.4 Å². The molecule has 8 heteroatoms. The number of benzene rings is 2. The average Bonchev–Trinajstić information content (AvgIpc) is 2.97. The summed E-state index contributed by atoms with van der Waals surface area (Å²) in [5, 5.41) is 18.6. The largest absolute Gasteiger partial charge is 0.508 e. The molecule has 3 rings (SSSR count). The smallest absolute Gasteiger partial charge is 0.416 e. The number of nitrogens with one attached hydrogen (secondary N) is 2. The maximum absolute atomic E-state index is 12.7. The van der Waals surface area contributed by atoms with E-state index in [-0.39, 0.29) is 23.1 Å². The topological polar surface area (TPSA) is 73.8 Å². The summed E-state index contributed by atoms with van der Waals surface area (Å²) >= 11 is 0. The monoisotopic (exact) mass is 320 g/mol. The maximum atomic E-state index is 12.7. The van der Waals surface area contributed by atoms with Crippen LogP contribution in [0.1, 0.15) is 5.56 Å². The highest BCUT2D eigenvalue weighted by Gasteiger charge is 2.30. The molecule has 2 aromatic carbocycles. The Morgan fingerprint density at radius 3 is 2.48 bits per heavy atom. The number of halogens is 3. The fraction of sp³-hybridized carbons (Fsp3) is 0.0667. The van der Waals surface area contributed by atoms with Gasteiger partial charge in [-0.1, -0.05) is 12.1 Å². The second kappa shape index (κ2) is 5.64. The molecule has 1 heterocycles. The van der Waals surface area contributed by atoms with Crippen molar-refractivity contribution in [3.8, 4) is 17.1 Å². The van der Waals surface area contributed by atoms with Crippen LogP contribution < -0.4 is 5.32 Å². The van der Waals surface area contributed by atoms with Gasteiger partial charge in [0.1, 0.15) is 5.75 Å². The second-order valence-electron chi connectivity index (χ2n) is 4.76. The Morgan fingerprint density at radius 1 is 1.04 bits per heavy atom. The lowest BCUT2D eigenvalue weighted by atomic mass is 10.1. The van der Waals surface area contributed by atoms with E-state index in [2.05, 4.69) is 20.5 Å². The van der Waals surface area contributed by atoms with Crippen molar-refractivity contribution >= 4 is 11.6 Å². The zero-order valence-corrected chi connectivity index (χ0v) is 11.6. The minimum atomic E-state index is -4.41. The van der Waals surface area contributed by atoms with Crippen molar-refractivity contribution in [2.75, 3.05) is 5.32 Å². The van der Waals surface area contributed by atoms with E-state index >= 15 is 0 Å². The standard InChI is InChI=1S/C15H11F3N4O/c16-15(17,18)10-3-1-2-9(8-10)13-20-14(22-21-13)19-11-4-6-12(23)7-5-11/h1-8,23H,(H2,19,20,21,22). The molecule has 1 aromatic heterocycles. The fourth-order valence-corrected chi connectivity index (χ4v) is 1.96. The van der Waals surface area contributed by atoms with Crippen LogP contribution in [0.3, 0.4) is 0 Å². The van der Waals surface area contributed by atoms with E-state index in [4.69, 9.17) is 0 Å². The van der Waals surface area contributed by atoms with Crippen LogP contribution in [0.5, 0.6) is 5.75 Å². The number of anilines is 2. The molecule has 5 nitrogen and oxygen atoms in total. The van der Waals surface area contributed by atoms with Crippen LogP contribution in [0.4, 0.5) is 24.8 Å². The Labute approximate surface area is 128 Å². The molecule has 0 saturated carbocycles. The van der Waals surface area contributed by atoms with Gasteiger partial charge >= 0.3 is 6.18 Å². The summed E-state index contributed by atoms with van der Waals surface area (Å²) in [5.74, 6) is 0.552. The molecule has 0 aliphatic carbocycles. The predicted molar refractivity (Wildman–Crippen MR) is 78.2 cm³/mol. The third-order valence-corrected chi connectivity index (χ3v) is 3.07. The number of H-pyrrole nitrogens is 1. The molecule has 0 aliphatic rings. The zero-order chi connectivity index (χ0) is 16.4. The van der Waals surface area contributed by atoms with Gasteiger partial charge in [0.15, 0.2) is 5.82 Å². The molecule has 118 valence electrons. The summed E-state index contributed by atoms with van der Waals surface area (Å²) in [4.78, 5) is 4.11. The number of alkyl halides is 3. The Kier molecular flexibility index (Phi) is 3.65. The fourth-order valence-electron chi connectivity index (χ4n) is 1.96. The first-order chi connectivity index (χ1) is 10.9. The lowest BCUT2D eigenvalue weighted by molar-refractivity contribution is -0.137. The van der Waals surface area contributed by atoms with Gasteiger partial charge in [-0.15, -0.1) is 5.10 Å². The molecule has 3 aromatic rings. The molecular weight excluding hydrogens is 309 g/mol. The normalized spacial score (nSPS) is 11.4. The summed E-state index contributed by atoms with van der Waals surface area (Å²) in [7, 11) is 0. The van der Waals surface area contributed by atoms with E-state index in [9.17, 15) is 18.3 Å². The zero-order valence-electron chi connectivity index (χ0n) is 11.6. The number of phenols is 1. The SMILES string of the molecule is Oc1ccc(Nc2n[nH]c(-c3cccc(C(F)(F)F)c3)n2)cc1. The maximum Gasteiger partial charge on any atom is 0.416 e. The Bertz CT molecular complexity index is 812. The summed E-state index contributed by atoms with van der Waals surface area (Å²) in [6.07, 6.45) is -4.41. The van der Waals surface area contributed by atoms with Crippen molar-refractivity contribution in [1.82, 2.24) is 15.2 Å². The van der Waals surface area contributed by atoms with Gasteiger partial charge in [-0.05, 0) is 36.4 Å². The van der Waals surface area contributed by atoms with Gasteiger partial charge in [-0.2, -0.15) is 18.2 Å². The molecule has 0 bridgehead atoms. The van der Waals surface area contributed by atoms with Crippen molar-refractivity contribution < 1.29 is 18.3 Å². The number of hydrogen-bond acceptors (Lipinski definition) is 4. The van der Waals surface area contributed by atoms with Gasteiger partial charge in [0.2, 0.25) is 5.95 Å². The van der Waals surface area contributed by atoms with Gasteiger partial charge in [-0.25, -0.2) is 0 Å². The van der Waals surface area contributed by atoms with Crippen LogP contribution in [0.15, 0.2) is 48.5 Å². The summed E-state index contributed by atoms with van der Waals surface area (Å²) < 4.78 is 38.2. The molecule has 0 unspecified atom stereocenters. The summed E-state index contributed by atoms with van der Waals surface area (Å²) in [5.41, 5.74) is 0.169. The Balaban J connectivity index is 1.83. The predicted octanol–water partition coefficient (Wildman–Crippen LogP) is 3.94. The first kappa shape index (κ1) is 14.9. The van der Waals surface area contributed by atoms with E-state index in [0.717, 1.165) is 12.1 Å². The Morgan fingerprint density at radius 2 is 1.78 bits per heavy atom. The molecule has 0 amide bonds. The Hall–Kier alpha value is -3.03. The van der Waals surface area contributed by atoms with Gasteiger partial charge in [0.05, 0.1) is 5.56 Å². The molecule has 0 fully saturated rings. The van der Waals surface area contributed by atoms with E-state index in [1.54, 1.807) is 12.1 Å². The third kappa shape index (κ3) is 3.42. The van der Waals surface area contributed by atoms with Crippen LogP contribution in [-0.2, 0) is 6.18 Å². The first-order valence-electron chi connectivity index (χ1n) is 6.58. The van der Waals surface area contributed by atoms with Crippen molar-refractivity contribution in [3.63, 3.8) is 0 Å². The van der Waals surface area contributed by atoms with Gasteiger partial charge in [0, 0.05) is 11.3 Å². The van der Waals surface area contributed by atoms with E-state index in [0.29, 0.717) is 5.69 Å². The van der Waals surface area contributed by atoms with Crippen molar-refractivity contribution in [3.05, 3.63) is 54.1 Å². The second-order valence-corrected chi connectivity index (χ2v) is 4.76. The first-order valence-corrected chi connectivity index (χ1v) is 6.58. The lowest BCUT2D eigenvalue weighted by Crippen LogP contribution is -2.04. The van der Waals surface area contributed by atoms with Gasteiger partial charge in [-0.3, -0.25) is 5.10 Å². The minimum Gasteiger partial charge on any atom is -0.508 e. The molecule has 0 atom stereocenters. The quantitative estimate of drug-likeness (QED) is 0.639. The highest BCUT2D eigenvalue weighted by Crippen LogP contribution is 2.31. The molecule has 0 aliphatic heterocycles. The molecule has 23 heavy (non-hydrogen) atoms. The third-order valence-electron chi connectivity index (χ3n) is 3.07. The highest BCUT2D eigenvalue weighted by atomic mass is 19.4. The van der Waals surface area contributed by atoms with Crippen LogP contribution in [-0.4, -0.2) is 20.3 Å². The number of phenolic OH excluding ortho intramolecular Hbond substituents is 1. The van der Waals surface area contributed by atoms with E-state index in [1.165, 1.54) is 24.3 Å². The van der Waals surface area contributed by atoms with Crippen LogP contribution in [0, 0.1) is 0 Å². The van der Waals surface area contributed by atoms with Crippen molar-refractivity contribution in [2.24, 2.45) is 0 Å². The number of aromatic amines is 1. The van der Waals surface area contributed by atoms with Crippen LogP contribution in [0.25, 0.3) is 11.4 Å². The number of aromatic nitrogens is 3. The highest BCUT2D eigenvalue weighted by molar-refractivity contribution is 5.60. The van der Waals surface area contributed by atoms with Crippen molar-refractivity contribution in [1.29, 1.82) is 0 Å². The summed E-state index contributed by atoms with van der Waals surface area (Å²) in [6, 6.07) is 11.0. The number of hydrogen-bond donors (Lipinski definition) is 3. The minimum absolute atomic E-state index is 0.121. The number of rotatable bonds is 3. The molecular formula is C15H11F3N4O. The van der Waals surface area contributed by atoms with E-state index in [1.807, 2.05) is 0 Å². The van der Waals surface area contributed by atoms with Gasteiger partial charge in [0.25, 0.3) is 0 Å². The van der Waals surface area contributed by atoms with E-state index < -0.39 is 11.7 Å². The molecule has 0 radical (unpaired) electrons. The van der Waals surface area contributed by atoms with Crippen LogP contribution in [0.2, 0.25) is 0 Å². The molecule has 0 saturated heterocycles. The molecule has 0 spiro atoms. The average molecular weight is 320 g/mol. The summed E-state index contributed by atoms with van der Waals surface area (Å²) in [6.45, 7) is 0. The lowest BCUT2D eigenvalue weighted by Gasteiger charge is -2.07. The van der Waals surface area contributed by atoms with Crippen molar-refractivity contribution in [2.45, 2.75) is 6.18 Å². The van der Waals surface area contributed by atoms with Crippen LogP contribution >= 0.6 is 0 Å². The molecule has 3 N–H and O–H groups in total.